The van der Waals surface area contributed by atoms with Crippen molar-refractivity contribution in [3.8, 4) is 17.2 Å². The smallest absolute Gasteiger partial charge is 0.338 e. The van der Waals surface area contributed by atoms with E-state index in [9.17, 15) is 4.79 Å². The second-order valence-electron chi connectivity index (χ2n) is 3.98. The maximum atomic E-state index is 12.1. The average Bonchev–Trinajstić information content (AvgIpc) is 2.96. The quantitative estimate of drug-likeness (QED) is 0.745. The van der Waals surface area contributed by atoms with E-state index in [1.54, 1.807) is 0 Å². The van der Waals surface area contributed by atoms with Crippen LogP contribution in [0.15, 0.2) is 12.1 Å². The zero-order chi connectivity index (χ0) is 16.1. The molecule has 2 aromatic rings. The van der Waals surface area contributed by atoms with Crippen LogP contribution in [0.25, 0.3) is 0 Å². The second-order valence-corrected chi connectivity index (χ2v) is 5.34. The minimum atomic E-state index is -0.566. The number of halogens is 1. The first-order valence-electron chi connectivity index (χ1n) is 6.04. The van der Waals surface area contributed by atoms with E-state index in [0.29, 0.717) is 27.3 Å². The zero-order valence-electron chi connectivity index (χ0n) is 12.1. The summed E-state index contributed by atoms with van der Waals surface area (Å²) < 4.78 is 24.8. The Morgan fingerprint density at radius 1 is 1.18 bits per heavy atom. The number of hydrogen-bond donors (Lipinski definition) is 0. The van der Waals surface area contributed by atoms with Gasteiger partial charge in [0, 0.05) is 11.5 Å². The van der Waals surface area contributed by atoms with Crippen LogP contribution in [0.3, 0.4) is 0 Å². The van der Waals surface area contributed by atoms with Crippen LogP contribution in [-0.2, 0) is 11.3 Å². The van der Waals surface area contributed by atoms with Gasteiger partial charge in [-0.25, -0.2) is 4.79 Å². The van der Waals surface area contributed by atoms with Gasteiger partial charge in [0.1, 0.15) is 16.6 Å². The number of ether oxygens (including phenoxy) is 4. The van der Waals surface area contributed by atoms with Crippen molar-refractivity contribution in [2.75, 3.05) is 21.3 Å². The van der Waals surface area contributed by atoms with Crippen molar-refractivity contribution in [3.63, 3.8) is 0 Å². The van der Waals surface area contributed by atoms with Crippen molar-refractivity contribution in [2.24, 2.45) is 0 Å². The summed E-state index contributed by atoms with van der Waals surface area (Å²) in [7, 11) is 4.41. The molecular weight excluding hydrogens is 332 g/mol. The Morgan fingerprint density at radius 3 is 2.27 bits per heavy atom. The van der Waals surface area contributed by atoms with Crippen molar-refractivity contribution in [2.45, 2.75) is 6.61 Å². The van der Waals surface area contributed by atoms with Crippen molar-refractivity contribution in [1.29, 1.82) is 0 Å². The van der Waals surface area contributed by atoms with Crippen LogP contribution < -0.4 is 14.2 Å². The van der Waals surface area contributed by atoms with Crippen LogP contribution in [0, 0.1) is 0 Å². The van der Waals surface area contributed by atoms with Gasteiger partial charge in [-0.2, -0.15) is 0 Å². The van der Waals surface area contributed by atoms with Gasteiger partial charge < -0.3 is 18.9 Å². The highest BCUT2D eigenvalue weighted by atomic mass is 35.5. The predicted octanol–water partition coefficient (Wildman–Crippen LogP) is 2.57. The lowest BCUT2D eigenvalue weighted by atomic mass is 10.2. The molecule has 1 aromatic heterocycles. The molecule has 0 aliphatic heterocycles. The lowest BCUT2D eigenvalue weighted by Crippen LogP contribution is -2.07. The number of nitrogens with zero attached hydrogens (tertiary/aromatic N) is 2. The fourth-order valence-electron chi connectivity index (χ4n) is 1.70. The molecular formula is C13H13ClN2O5S. The number of carbonyl (C=O) groups excluding carboxylic acids is 1. The highest BCUT2D eigenvalue weighted by Gasteiger charge is 2.18. The number of aromatic nitrogens is 2. The molecule has 22 heavy (non-hydrogen) atoms. The topological polar surface area (TPSA) is 79.8 Å². The summed E-state index contributed by atoms with van der Waals surface area (Å²) in [5.41, 5.74) is 0.668. The molecule has 1 heterocycles. The summed E-state index contributed by atoms with van der Waals surface area (Å²) in [6.07, 6.45) is 0. The zero-order valence-corrected chi connectivity index (χ0v) is 13.7. The highest BCUT2D eigenvalue weighted by Crippen LogP contribution is 2.38. The summed E-state index contributed by atoms with van der Waals surface area (Å²) in [5, 5.41) is 3.77. The Hall–Kier alpha value is -2.06. The van der Waals surface area contributed by atoms with E-state index < -0.39 is 5.97 Å². The van der Waals surface area contributed by atoms with Crippen molar-refractivity contribution >= 4 is 29.1 Å². The first-order valence-corrected chi connectivity index (χ1v) is 7.19. The molecule has 0 saturated carbocycles. The van der Waals surface area contributed by atoms with E-state index in [2.05, 4.69) is 9.59 Å². The molecule has 0 bridgehead atoms. The number of esters is 1. The summed E-state index contributed by atoms with van der Waals surface area (Å²) in [4.78, 5) is 12.1. The third kappa shape index (κ3) is 3.40. The molecule has 0 unspecified atom stereocenters. The number of hydrogen-bond acceptors (Lipinski definition) is 8. The number of methoxy groups -OCH3 is 3. The van der Waals surface area contributed by atoms with Gasteiger partial charge in [0.25, 0.3) is 0 Å². The van der Waals surface area contributed by atoms with Crippen molar-refractivity contribution in [3.05, 3.63) is 27.7 Å². The molecule has 0 aliphatic carbocycles. The Morgan fingerprint density at radius 2 is 1.82 bits per heavy atom. The lowest BCUT2D eigenvalue weighted by Gasteiger charge is -2.13. The van der Waals surface area contributed by atoms with Gasteiger partial charge in [0.05, 0.1) is 26.9 Å². The Balaban J connectivity index is 2.20. The maximum Gasteiger partial charge on any atom is 0.338 e. The molecule has 0 radical (unpaired) electrons. The molecule has 0 spiro atoms. The van der Waals surface area contributed by atoms with E-state index in [-0.39, 0.29) is 12.2 Å². The van der Waals surface area contributed by atoms with Gasteiger partial charge in [-0.3, -0.25) is 0 Å². The van der Waals surface area contributed by atoms with E-state index in [0.717, 1.165) is 11.5 Å². The number of carbonyl (C=O) groups is 1. The van der Waals surface area contributed by atoms with Crippen molar-refractivity contribution < 1.29 is 23.7 Å². The maximum absolute atomic E-state index is 12.1. The largest absolute Gasteiger partial charge is 0.493 e. The second kappa shape index (κ2) is 7.28. The molecule has 0 amide bonds. The summed E-state index contributed by atoms with van der Waals surface area (Å²) in [6.45, 7) is -0.0647. The minimum absolute atomic E-state index is 0.0647. The number of benzene rings is 1. The molecule has 0 atom stereocenters. The highest BCUT2D eigenvalue weighted by molar-refractivity contribution is 7.10. The van der Waals surface area contributed by atoms with Crippen LogP contribution in [0.4, 0.5) is 0 Å². The third-order valence-electron chi connectivity index (χ3n) is 2.75. The monoisotopic (exact) mass is 344 g/mol. The SMILES string of the molecule is COc1cc(C(=O)OCc2nnsc2Cl)cc(OC)c1OC. The van der Waals surface area contributed by atoms with Gasteiger partial charge in [0.15, 0.2) is 11.5 Å². The normalized spacial score (nSPS) is 10.2. The fraction of sp³-hybridized carbons (Fsp3) is 0.308. The fourth-order valence-corrected chi connectivity index (χ4v) is 2.30. The minimum Gasteiger partial charge on any atom is -0.493 e. The molecule has 0 saturated heterocycles. The van der Waals surface area contributed by atoms with E-state index >= 15 is 0 Å². The summed E-state index contributed by atoms with van der Waals surface area (Å²) >= 11 is 6.88. The standard InChI is InChI=1S/C13H13ClN2O5S/c1-18-9-4-7(5-10(19-2)11(9)20-3)13(17)21-6-8-12(14)22-16-15-8/h4-5H,6H2,1-3H3. The Kier molecular flexibility index (Phi) is 5.40. The van der Waals surface area contributed by atoms with Crippen LogP contribution in [0.1, 0.15) is 16.1 Å². The van der Waals surface area contributed by atoms with E-state index in [1.165, 1.54) is 33.5 Å². The van der Waals surface area contributed by atoms with Crippen LogP contribution in [0.5, 0.6) is 17.2 Å². The first kappa shape index (κ1) is 16.3. The summed E-state index contributed by atoms with van der Waals surface area (Å²) in [5.74, 6) is 0.556. The van der Waals surface area contributed by atoms with Gasteiger partial charge in [0.2, 0.25) is 5.75 Å². The van der Waals surface area contributed by atoms with Gasteiger partial charge in [-0.1, -0.05) is 16.1 Å². The molecule has 7 nitrogen and oxygen atoms in total. The molecule has 0 aliphatic rings. The third-order valence-corrected chi connectivity index (χ3v) is 3.73. The lowest BCUT2D eigenvalue weighted by molar-refractivity contribution is 0.0467. The Labute approximate surface area is 135 Å². The van der Waals surface area contributed by atoms with E-state index in [1.807, 2.05) is 0 Å². The summed E-state index contributed by atoms with van der Waals surface area (Å²) in [6, 6.07) is 3.01. The van der Waals surface area contributed by atoms with Gasteiger partial charge in [-0.05, 0) is 12.1 Å². The van der Waals surface area contributed by atoms with Gasteiger partial charge >= 0.3 is 5.97 Å². The van der Waals surface area contributed by atoms with Crippen LogP contribution in [0.2, 0.25) is 4.34 Å². The molecule has 9 heteroatoms. The Bertz CT molecular complexity index is 651. The molecule has 0 N–H and O–H groups in total. The molecule has 1 aromatic carbocycles. The predicted molar refractivity (Wildman–Crippen MR) is 80.1 cm³/mol. The van der Waals surface area contributed by atoms with Crippen LogP contribution in [-0.4, -0.2) is 36.9 Å². The first-order chi connectivity index (χ1) is 10.6. The van der Waals surface area contributed by atoms with Crippen molar-refractivity contribution in [1.82, 2.24) is 9.59 Å². The molecule has 118 valence electrons. The van der Waals surface area contributed by atoms with Gasteiger partial charge in [-0.15, -0.1) is 5.10 Å². The average molecular weight is 345 g/mol. The number of rotatable bonds is 6. The van der Waals surface area contributed by atoms with E-state index in [4.69, 9.17) is 30.5 Å². The molecule has 0 fully saturated rings. The van der Waals surface area contributed by atoms with Crippen LogP contribution >= 0.6 is 23.1 Å². The molecule has 2 rings (SSSR count).